The predicted molar refractivity (Wildman–Crippen MR) is 132 cm³/mol. The minimum atomic E-state index is -4.04. The fraction of sp³-hybridized carbons (Fsp3) is 0.440. The summed E-state index contributed by atoms with van der Waals surface area (Å²) in [5.74, 6) is -3.36. The SMILES string of the molecule is CC[C@@H](C)NC(=O)[C@H](CC)N(Cc1ccccc1C)C(=O)CN(c1ccc(F)c(F)c1)S(C)(=O)=O. The van der Waals surface area contributed by atoms with Crippen LogP contribution in [0.2, 0.25) is 0 Å². The molecule has 0 saturated carbocycles. The highest BCUT2D eigenvalue weighted by Crippen LogP contribution is 2.22. The van der Waals surface area contributed by atoms with Crippen molar-refractivity contribution < 1.29 is 26.8 Å². The lowest BCUT2D eigenvalue weighted by Gasteiger charge is -2.33. The number of hydrogen-bond acceptors (Lipinski definition) is 4. The van der Waals surface area contributed by atoms with Gasteiger partial charge in [-0.15, -0.1) is 0 Å². The molecular formula is C25H33F2N3O4S. The third-order valence-corrected chi connectivity index (χ3v) is 7.00. The van der Waals surface area contributed by atoms with Crippen LogP contribution in [0.15, 0.2) is 42.5 Å². The monoisotopic (exact) mass is 509 g/mol. The molecule has 192 valence electrons. The third kappa shape index (κ3) is 7.48. The first kappa shape index (κ1) is 28.2. The van der Waals surface area contributed by atoms with Crippen LogP contribution in [-0.4, -0.2) is 50.0 Å². The molecular weight excluding hydrogens is 476 g/mol. The number of amides is 2. The van der Waals surface area contributed by atoms with Gasteiger partial charge in [0, 0.05) is 18.7 Å². The molecule has 7 nitrogen and oxygen atoms in total. The number of sulfonamides is 1. The summed E-state index contributed by atoms with van der Waals surface area (Å²) in [6.07, 6.45) is 1.87. The fourth-order valence-corrected chi connectivity index (χ4v) is 4.43. The minimum absolute atomic E-state index is 0.0767. The van der Waals surface area contributed by atoms with Crippen LogP contribution in [0, 0.1) is 18.6 Å². The number of anilines is 1. The highest BCUT2D eigenvalue weighted by atomic mass is 32.2. The van der Waals surface area contributed by atoms with Crippen LogP contribution in [0.1, 0.15) is 44.7 Å². The number of aryl methyl sites for hydroxylation is 1. The second kappa shape index (κ2) is 12.1. The Balaban J connectivity index is 2.47. The molecule has 1 N–H and O–H groups in total. The molecule has 0 heterocycles. The van der Waals surface area contributed by atoms with E-state index in [4.69, 9.17) is 0 Å². The second-order valence-electron chi connectivity index (χ2n) is 8.56. The van der Waals surface area contributed by atoms with Crippen molar-refractivity contribution in [2.45, 2.75) is 59.2 Å². The van der Waals surface area contributed by atoms with Gasteiger partial charge in [0.15, 0.2) is 11.6 Å². The molecule has 2 aromatic carbocycles. The van der Waals surface area contributed by atoms with Crippen molar-refractivity contribution >= 4 is 27.5 Å². The Labute approximate surface area is 206 Å². The summed E-state index contributed by atoms with van der Waals surface area (Å²) in [5, 5.41) is 2.89. The van der Waals surface area contributed by atoms with Gasteiger partial charge in [-0.25, -0.2) is 17.2 Å². The first-order valence-corrected chi connectivity index (χ1v) is 13.3. The zero-order chi connectivity index (χ0) is 26.3. The molecule has 0 spiro atoms. The maximum atomic E-state index is 13.9. The molecule has 10 heteroatoms. The Morgan fingerprint density at radius 1 is 1.03 bits per heavy atom. The van der Waals surface area contributed by atoms with E-state index in [1.54, 1.807) is 6.92 Å². The van der Waals surface area contributed by atoms with Gasteiger partial charge < -0.3 is 10.2 Å². The minimum Gasteiger partial charge on any atom is -0.352 e. The maximum absolute atomic E-state index is 13.9. The van der Waals surface area contributed by atoms with Gasteiger partial charge in [-0.05, 0) is 49.9 Å². The molecule has 2 atom stereocenters. The van der Waals surface area contributed by atoms with Gasteiger partial charge in [0.2, 0.25) is 21.8 Å². The normalized spacial score (nSPS) is 13.1. The molecule has 2 aromatic rings. The topological polar surface area (TPSA) is 86.8 Å². The van der Waals surface area contributed by atoms with Gasteiger partial charge in [-0.2, -0.15) is 0 Å². The van der Waals surface area contributed by atoms with E-state index in [2.05, 4.69) is 5.32 Å². The number of carbonyl (C=O) groups excluding carboxylic acids is 2. The van der Waals surface area contributed by atoms with E-state index in [0.29, 0.717) is 17.1 Å². The van der Waals surface area contributed by atoms with Crippen molar-refractivity contribution in [3.8, 4) is 0 Å². The summed E-state index contributed by atoms with van der Waals surface area (Å²) < 4.78 is 53.0. The molecule has 0 saturated heterocycles. The summed E-state index contributed by atoms with van der Waals surface area (Å²) in [5.41, 5.74) is 1.52. The molecule has 0 fully saturated rings. The Morgan fingerprint density at radius 2 is 1.69 bits per heavy atom. The summed E-state index contributed by atoms with van der Waals surface area (Å²) in [6.45, 7) is 6.82. The van der Waals surface area contributed by atoms with E-state index in [1.807, 2.05) is 45.0 Å². The van der Waals surface area contributed by atoms with E-state index in [1.165, 1.54) is 4.90 Å². The van der Waals surface area contributed by atoms with Crippen LogP contribution in [0.5, 0.6) is 0 Å². The number of hydrogen-bond donors (Lipinski definition) is 1. The summed E-state index contributed by atoms with van der Waals surface area (Å²) in [7, 11) is -4.04. The zero-order valence-electron chi connectivity index (χ0n) is 20.7. The molecule has 35 heavy (non-hydrogen) atoms. The quantitative estimate of drug-likeness (QED) is 0.500. The third-order valence-electron chi connectivity index (χ3n) is 5.86. The highest BCUT2D eigenvalue weighted by molar-refractivity contribution is 7.92. The Kier molecular flexibility index (Phi) is 9.76. The van der Waals surface area contributed by atoms with E-state index >= 15 is 0 Å². The zero-order valence-corrected chi connectivity index (χ0v) is 21.5. The van der Waals surface area contributed by atoms with E-state index in [-0.39, 0.29) is 24.2 Å². The smallest absolute Gasteiger partial charge is 0.244 e. The van der Waals surface area contributed by atoms with Gasteiger partial charge in [0.05, 0.1) is 11.9 Å². The standard InChI is InChI=1S/C25H33F2N3O4S/c1-6-18(4)28-25(32)23(7-2)29(15-19-11-9-8-10-17(19)3)24(31)16-30(35(5,33)34)20-12-13-21(26)22(27)14-20/h8-14,18,23H,6-7,15-16H2,1-5H3,(H,28,32)/t18-,23+/m1/s1. The lowest BCUT2D eigenvalue weighted by atomic mass is 10.1. The van der Waals surface area contributed by atoms with E-state index < -0.39 is 40.2 Å². The summed E-state index contributed by atoms with van der Waals surface area (Å²) >= 11 is 0. The number of carbonyl (C=O) groups is 2. The van der Waals surface area contributed by atoms with Crippen LogP contribution in [0.4, 0.5) is 14.5 Å². The lowest BCUT2D eigenvalue weighted by Crippen LogP contribution is -2.53. The van der Waals surface area contributed by atoms with Crippen molar-refractivity contribution in [1.29, 1.82) is 0 Å². The van der Waals surface area contributed by atoms with Crippen LogP contribution in [0.3, 0.4) is 0 Å². The predicted octanol–water partition coefficient (Wildman–Crippen LogP) is 3.76. The molecule has 0 radical (unpaired) electrons. The lowest BCUT2D eigenvalue weighted by molar-refractivity contribution is -0.140. The summed E-state index contributed by atoms with van der Waals surface area (Å²) in [6, 6.07) is 9.02. The van der Waals surface area contributed by atoms with Crippen LogP contribution < -0.4 is 9.62 Å². The highest BCUT2D eigenvalue weighted by Gasteiger charge is 2.32. The second-order valence-corrected chi connectivity index (χ2v) is 10.5. The van der Waals surface area contributed by atoms with E-state index in [9.17, 15) is 26.8 Å². The average molecular weight is 510 g/mol. The fourth-order valence-electron chi connectivity index (χ4n) is 3.59. The summed E-state index contributed by atoms with van der Waals surface area (Å²) in [4.78, 5) is 28.0. The van der Waals surface area contributed by atoms with Gasteiger partial charge >= 0.3 is 0 Å². The molecule has 2 rings (SSSR count). The van der Waals surface area contributed by atoms with E-state index in [0.717, 1.165) is 35.6 Å². The van der Waals surface area contributed by atoms with Crippen LogP contribution in [0.25, 0.3) is 0 Å². The van der Waals surface area contributed by atoms with Crippen LogP contribution in [-0.2, 0) is 26.2 Å². The number of rotatable bonds is 11. The molecule has 0 bridgehead atoms. The number of nitrogens with zero attached hydrogens (tertiary/aromatic N) is 2. The first-order chi connectivity index (χ1) is 16.4. The van der Waals surface area contributed by atoms with Crippen molar-refractivity contribution in [2.75, 3.05) is 17.1 Å². The van der Waals surface area contributed by atoms with Crippen molar-refractivity contribution in [2.24, 2.45) is 0 Å². The van der Waals surface area contributed by atoms with Gasteiger partial charge in [-0.3, -0.25) is 13.9 Å². The molecule has 2 amide bonds. The Hall–Kier alpha value is -3.01. The number of benzene rings is 2. The molecule has 0 aromatic heterocycles. The van der Waals surface area contributed by atoms with Gasteiger partial charge in [0.1, 0.15) is 12.6 Å². The Morgan fingerprint density at radius 3 is 2.23 bits per heavy atom. The molecule has 0 aliphatic heterocycles. The van der Waals surface area contributed by atoms with Gasteiger partial charge in [0.25, 0.3) is 0 Å². The number of nitrogens with one attached hydrogen (secondary N) is 1. The largest absolute Gasteiger partial charge is 0.352 e. The van der Waals surface area contributed by atoms with Gasteiger partial charge in [-0.1, -0.05) is 38.1 Å². The van der Waals surface area contributed by atoms with Crippen molar-refractivity contribution in [1.82, 2.24) is 10.2 Å². The first-order valence-electron chi connectivity index (χ1n) is 11.5. The average Bonchev–Trinajstić information content (AvgIpc) is 2.79. The van der Waals surface area contributed by atoms with Crippen LogP contribution >= 0.6 is 0 Å². The molecule has 0 aliphatic carbocycles. The number of halogens is 2. The maximum Gasteiger partial charge on any atom is 0.244 e. The molecule has 0 aliphatic rings. The van der Waals surface area contributed by atoms with Crippen molar-refractivity contribution in [3.05, 3.63) is 65.2 Å². The Bertz CT molecular complexity index is 1160. The van der Waals surface area contributed by atoms with Crippen molar-refractivity contribution in [3.63, 3.8) is 0 Å². The molecule has 0 unspecified atom stereocenters.